The van der Waals surface area contributed by atoms with Crippen LogP contribution in [0.4, 0.5) is 0 Å². The van der Waals surface area contributed by atoms with Crippen molar-refractivity contribution in [2.75, 3.05) is 20.1 Å². The Kier molecular flexibility index (Phi) is 2.25. The molecule has 1 aliphatic heterocycles. The van der Waals surface area contributed by atoms with Gasteiger partial charge in [0.1, 0.15) is 0 Å². The van der Waals surface area contributed by atoms with Crippen LogP contribution in [0.3, 0.4) is 0 Å². The third kappa shape index (κ3) is 1.47. The number of likely N-dealkylation sites (N-methyl/N-ethyl adjacent to an activating group) is 1. The van der Waals surface area contributed by atoms with E-state index in [4.69, 9.17) is 5.26 Å². The van der Waals surface area contributed by atoms with Gasteiger partial charge in [-0.05, 0) is 20.0 Å². The van der Waals surface area contributed by atoms with Crippen LogP contribution in [0.5, 0.6) is 0 Å². The van der Waals surface area contributed by atoms with Crippen LogP contribution in [0.1, 0.15) is 6.42 Å². The molecule has 0 aromatic carbocycles. The van der Waals surface area contributed by atoms with Crippen LogP contribution in [-0.2, 0) is 0 Å². The fourth-order valence-electron chi connectivity index (χ4n) is 1.24. The minimum atomic E-state index is -0.441. The summed E-state index contributed by atoms with van der Waals surface area (Å²) in [6.07, 6.45) is 0.359. The molecule has 0 spiro atoms. The molecule has 10 heavy (non-hydrogen) atoms. The predicted molar refractivity (Wildman–Crippen MR) is 37.2 cm³/mol. The molecule has 1 aliphatic rings. The second-order valence-corrected chi connectivity index (χ2v) is 2.85. The number of β-amino-alcohol motifs (C(OH)–C–C–N with tert-alkyl or cyclic N) is 1. The molecule has 1 rings (SSSR count). The van der Waals surface area contributed by atoms with E-state index >= 15 is 0 Å². The van der Waals surface area contributed by atoms with Crippen molar-refractivity contribution < 1.29 is 5.11 Å². The van der Waals surface area contributed by atoms with E-state index in [0.29, 0.717) is 6.54 Å². The summed E-state index contributed by atoms with van der Waals surface area (Å²) in [5.74, 6) is -0.142. The molecule has 3 heteroatoms. The summed E-state index contributed by atoms with van der Waals surface area (Å²) in [5, 5.41) is 17.8. The van der Waals surface area contributed by atoms with E-state index in [-0.39, 0.29) is 5.92 Å². The van der Waals surface area contributed by atoms with E-state index in [2.05, 4.69) is 6.07 Å². The monoisotopic (exact) mass is 140 g/mol. The standard InChI is InChI=1S/C7H12N2O/c1-9-3-2-6(4-8)7(10)5-9/h6-7,10H,2-3,5H2,1H3/t6-,7-/m1/s1. The Morgan fingerprint density at radius 2 is 2.40 bits per heavy atom. The van der Waals surface area contributed by atoms with Crippen molar-refractivity contribution in [2.24, 2.45) is 5.92 Å². The summed E-state index contributed by atoms with van der Waals surface area (Å²) in [6, 6.07) is 2.10. The van der Waals surface area contributed by atoms with Gasteiger partial charge in [0.25, 0.3) is 0 Å². The smallest absolute Gasteiger partial charge is 0.0825 e. The Balaban J connectivity index is 2.45. The number of aliphatic hydroxyl groups is 1. The summed E-state index contributed by atoms with van der Waals surface area (Å²) >= 11 is 0. The van der Waals surface area contributed by atoms with Gasteiger partial charge in [-0.25, -0.2) is 0 Å². The summed E-state index contributed by atoms with van der Waals surface area (Å²) in [4.78, 5) is 2.04. The predicted octanol–water partition coefficient (Wildman–Crippen LogP) is -0.177. The van der Waals surface area contributed by atoms with Crippen molar-refractivity contribution in [1.29, 1.82) is 5.26 Å². The first-order chi connectivity index (χ1) is 4.74. The lowest BCUT2D eigenvalue weighted by molar-refractivity contribution is 0.0548. The molecule has 0 saturated carbocycles. The van der Waals surface area contributed by atoms with Gasteiger partial charge >= 0.3 is 0 Å². The summed E-state index contributed by atoms with van der Waals surface area (Å²) in [5.41, 5.74) is 0. The average Bonchev–Trinajstić information content (AvgIpc) is 1.88. The largest absolute Gasteiger partial charge is 0.390 e. The first kappa shape index (κ1) is 7.52. The normalized spacial score (nSPS) is 35.3. The van der Waals surface area contributed by atoms with Crippen LogP contribution in [0.2, 0.25) is 0 Å². The lowest BCUT2D eigenvalue weighted by atomic mass is 9.96. The Morgan fingerprint density at radius 1 is 1.70 bits per heavy atom. The number of nitriles is 1. The van der Waals surface area contributed by atoms with Crippen molar-refractivity contribution in [2.45, 2.75) is 12.5 Å². The molecular formula is C7H12N2O. The van der Waals surface area contributed by atoms with Crippen LogP contribution in [0.15, 0.2) is 0 Å². The fourth-order valence-corrected chi connectivity index (χ4v) is 1.24. The zero-order chi connectivity index (χ0) is 7.56. The summed E-state index contributed by atoms with van der Waals surface area (Å²) in [6.45, 7) is 1.56. The maximum atomic E-state index is 9.28. The molecule has 1 fully saturated rings. The first-order valence-electron chi connectivity index (χ1n) is 3.50. The van der Waals surface area contributed by atoms with E-state index in [0.717, 1.165) is 13.0 Å². The Morgan fingerprint density at radius 3 is 2.90 bits per heavy atom. The third-order valence-electron chi connectivity index (χ3n) is 1.95. The van der Waals surface area contributed by atoms with Gasteiger partial charge in [-0.1, -0.05) is 0 Å². The van der Waals surface area contributed by atoms with Crippen molar-refractivity contribution >= 4 is 0 Å². The van der Waals surface area contributed by atoms with Crippen LogP contribution >= 0.6 is 0 Å². The minimum absolute atomic E-state index is 0.142. The van der Waals surface area contributed by atoms with Gasteiger partial charge in [-0.15, -0.1) is 0 Å². The lowest BCUT2D eigenvalue weighted by Gasteiger charge is -2.29. The van der Waals surface area contributed by atoms with Gasteiger partial charge in [-0.3, -0.25) is 0 Å². The van der Waals surface area contributed by atoms with Gasteiger partial charge in [0.2, 0.25) is 0 Å². The zero-order valence-electron chi connectivity index (χ0n) is 6.12. The van der Waals surface area contributed by atoms with E-state index in [9.17, 15) is 5.11 Å². The van der Waals surface area contributed by atoms with Gasteiger partial charge in [0.05, 0.1) is 18.1 Å². The van der Waals surface area contributed by atoms with E-state index in [1.165, 1.54) is 0 Å². The lowest BCUT2D eigenvalue weighted by Crippen LogP contribution is -2.40. The highest BCUT2D eigenvalue weighted by Gasteiger charge is 2.24. The number of likely N-dealkylation sites (tertiary alicyclic amines) is 1. The first-order valence-corrected chi connectivity index (χ1v) is 3.50. The van der Waals surface area contributed by atoms with Gasteiger partial charge in [0, 0.05) is 6.54 Å². The highest BCUT2D eigenvalue weighted by Crippen LogP contribution is 2.14. The summed E-state index contributed by atoms with van der Waals surface area (Å²) in [7, 11) is 1.96. The molecule has 0 aliphatic carbocycles. The van der Waals surface area contributed by atoms with E-state index in [1.54, 1.807) is 0 Å². The number of nitrogens with zero attached hydrogens (tertiary/aromatic N) is 2. The zero-order valence-corrected chi connectivity index (χ0v) is 6.12. The second kappa shape index (κ2) is 3.00. The molecule has 0 aromatic heterocycles. The highest BCUT2D eigenvalue weighted by molar-refractivity contribution is 4.92. The summed E-state index contributed by atoms with van der Waals surface area (Å²) < 4.78 is 0. The van der Waals surface area contributed by atoms with Crippen LogP contribution in [0.25, 0.3) is 0 Å². The molecule has 2 atom stereocenters. The maximum Gasteiger partial charge on any atom is 0.0825 e. The van der Waals surface area contributed by atoms with E-state index in [1.807, 2.05) is 11.9 Å². The van der Waals surface area contributed by atoms with Crippen LogP contribution in [-0.4, -0.2) is 36.2 Å². The molecule has 1 N–H and O–H groups in total. The quantitative estimate of drug-likeness (QED) is 0.508. The van der Waals surface area contributed by atoms with E-state index < -0.39 is 6.10 Å². The molecule has 0 unspecified atom stereocenters. The average molecular weight is 140 g/mol. The molecule has 3 nitrogen and oxygen atoms in total. The maximum absolute atomic E-state index is 9.28. The minimum Gasteiger partial charge on any atom is -0.390 e. The van der Waals surface area contributed by atoms with Gasteiger partial charge in [0.15, 0.2) is 0 Å². The number of aliphatic hydroxyl groups excluding tert-OH is 1. The third-order valence-corrected chi connectivity index (χ3v) is 1.95. The topological polar surface area (TPSA) is 47.3 Å². The SMILES string of the molecule is CN1CC[C@H](C#N)[C@H](O)C1. The van der Waals surface area contributed by atoms with Crippen molar-refractivity contribution in [3.63, 3.8) is 0 Å². The van der Waals surface area contributed by atoms with Crippen LogP contribution < -0.4 is 0 Å². The second-order valence-electron chi connectivity index (χ2n) is 2.85. The Labute approximate surface area is 60.9 Å². The number of rotatable bonds is 0. The molecule has 1 saturated heterocycles. The highest BCUT2D eigenvalue weighted by atomic mass is 16.3. The number of hydrogen-bond donors (Lipinski definition) is 1. The fraction of sp³-hybridized carbons (Fsp3) is 0.857. The van der Waals surface area contributed by atoms with Gasteiger partial charge < -0.3 is 10.0 Å². The van der Waals surface area contributed by atoms with Crippen LogP contribution in [0, 0.1) is 17.2 Å². The molecule has 1 heterocycles. The molecule has 0 amide bonds. The molecule has 0 aromatic rings. The van der Waals surface area contributed by atoms with Crippen molar-refractivity contribution in [1.82, 2.24) is 4.90 Å². The van der Waals surface area contributed by atoms with Gasteiger partial charge in [-0.2, -0.15) is 5.26 Å². The molecular weight excluding hydrogens is 128 g/mol. The van der Waals surface area contributed by atoms with Crippen molar-refractivity contribution in [3.05, 3.63) is 0 Å². The number of hydrogen-bond acceptors (Lipinski definition) is 3. The van der Waals surface area contributed by atoms with Crippen molar-refractivity contribution in [3.8, 4) is 6.07 Å². The Bertz CT molecular complexity index is 152. The Hall–Kier alpha value is -0.590. The molecule has 0 radical (unpaired) electrons. The molecule has 56 valence electrons. The molecule has 0 bridgehead atoms. The number of piperidine rings is 1.